The van der Waals surface area contributed by atoms with Crippen molar-refractivity contribution in [1.82, 2.24) is 4.90 Å². The first kappa shape index (κ1) is 12.4. The van der Waals surface area contributed by atoms with E-state index in [2.05, 4.69) is 15.9 Å². The molecule has 0 aromatic carbocycles. The maximum Gasteiger partial charge on any atom is 0.265 e. The van der Waals surface area contributed by atoms with Crippen LogP contribution in [0.3, 0.4) is 0 Å². The van der Waals surface area contributed by atoms with Crippen LogP contribution in [0.2, 0.25) is 5.02 Å². The molecule has 0 bridgehead atoms. The van der Waals surface area contributed by atoms with E-state index in [9.17, 15) is 4.79 Å². The standard InChI is InChI=1S/C11H13BrClNOS/c1-7-6-16-10(9(7)13)11(15)14(5-4-12)8-2-3-8/h6,8H,2-5H2,1H3. The normalized spacial score (nSPS) is 15.2. The van der Waals surface area contributed by atoms with Gasteiger partial charge in [0.2, 0.25) is 0 Å². The maximum atomic E-state index is 12.3. The van der Waals surface area contributed by atoms with Crippen LogP contribution >= 0.6 is 38.9 Å². The minimum Gasteiger partial charge on any atom is -0.334 e. The van der Waals surface area contributed by atoms with Gasteiger partial charge in [0, 0.05) is 17.9 Å². The molecule has 1 amide bonds. The van der Waals surface area contributed by atoms with Crippen molar-refractivity contribution in [3.63, 3.8) is 0 Å². The molecule has 0 saturated heterocycles. The number of thiophene rings is 1. The van der Waals surface area contributed by atoms with Gasteiger partial charge in [-0.1, -0.05) is 27.5 Å². The Morgan fingerprint density at radius 2 is 2.38 bits per heavy atom. The van der Waals surface area contributed by atoms with E-state index in [0.29, 0.717) is 15.9 Å². The summed E-state index contributed by atoms with van der Waals surface area (Å²) in [6.07, 6.45) is 2.25. The summed E-state index contributed by atoms with van der Waals surface area (Å²) in [5.41, 5.74) is 0.990. The Balaban J connectivity index is 2.18. The van der Waals surface area contributed by atoms with Crippen molar-refractivity contribution in [3.8, 4) is 0 Å². The van der Waals surface area contributed by atoms with Gasteiger partial charge in [0.1, 0.15) is 4.88 Å². The van der Waals surface area contributed by atoms with Crippen molar-refractivity contribution in [2.45, 2.75) is 25.8 Å². The second-order valence-corrected chi connectivity index (χ2v) is 6.03. The van der Waals surface area contributed by atoms with Crippen molar-refractivity contribution < 1.29 is 4.79 Å². The van der Waals surface area contributed by atoms with Crippen LogP contribution in [0.15, 0.2) is 5.38 Å². The molecule has 16 heavy (non-hydrogen) atoms. The summed E-state index contributed by atoms with van der Waals surface area (Å²) in [5, 5.41) is 3.38. The molecule has 0 N–H and O–H groups in total. The third-order valence-electron chi connectivity index (χ3n) is 2.67. The van der Waals surface area contributed by atoms with Crippen molar-refractivity contribution in [2.24, 2.45) is 0 Å². The largest absolute Gasteiger partial charge is 0.334 e. The summed E-state index contributed by atoms with van der Waals surface area (Å²) in [7, 11) is 0. The van der Waals surface area contributed by atoms with Crippen LogP contribution in [0.25, 0.3) is 0 Å². The summed E-state index contributed by atoms with van der Waals surface area (Å²) < 4.78 is 0. The SMILES string of the molecule is Cc1csc(C(=O)N(CCBr)C2CC2)c1Cl. The predicted molar refractivity (Wildman–Crippen MR) is 71.9 cm³/mol. The summed E-state index contributed by atoms with van der Waals surface area (Å²) in [6.45, 7) is 2.69. The Labute approximate surface area is 113 Å². The number of nitrogens with zero attached hydrogens (tertiary/aromatic N) is 1. The Kier molecular flexibility index (Phi) is 3.93. The Morgan fingerprint density at radius 1 is 1.69 bits per heavy atom. The number of rotatable bonds is 4. The number of carbonyl (C=O) groups excluding carboxylic acids is 1. The first-order chi connectivity index (χ1) is 7.65. The van der Waals surface area contributed by atoms with Crippen LogP contribution < -0.4 is 0 Å². The lowest BCUT2D eigenvalue weighted by molar-refractivity contribution is 0.0759. The van der Waals surface area contributed by atoms with E-state index in [0.717, 1.165) is 30.3 Å². The molecular formula is C11H13BrClNOS. The Morgan fingerprint density at radius 3 is 2.81 bits per heavy atom. The molecule has 1 fully saturated rings. The van der Waals surface area contributed by atoms with Crippen molar-refractivity contribution in [3.05, 3.63) is 20.8 Å². The quantitative estimate of drug-likeness (QED) is 0.774. The van der Waals surface area contributed by atoms with E-state index in [-0.39, 0.29) is 5.91 Å². The highest BCUT2D eigenvalue weighted by atomic mass is 79.9. The van der Waals surface area contributed by atoms with E-state index in [4.69, 9.17) is 11.6 Å². The highest BCUT2D eigenvalue weighted by molar-refractivity contribution is 9.09. The number of hydrogen-bond donors (Lipinski definition) is 0. The zero-order chi connectivity index (χ0) is 11.7. The first-order valence-electron chi connectivity index (χ1n) is 5.25. The minimum absolute atomic E-state index is 0.0880. The molecule has 0 aliphatic heterocycles. The number of amides is 1. The number of hydrogen-bond acceptors (Lipinski definition) is 2. The maximum absolute atomic E-state index is 12.3. The fourth-order valence-electron chi connectivity index (χ4n) is 1.63. The van der Waals surface area contributed by atoms with E-state index in [1.165, 1.54) is 11.3 Å². The lowest BCUT2D eigenvalue weighted by Gasteiger charge is -2.20. The second-order valence-electron chi connectivity index (χ2n) is 3.98. The second kappa shape index (κ2) is 5.07. The van der Waals surface area contributed by atoms with Crippen molar-refractivity contribution in [1.29, 1.82) is 0 Å². The van der Waals surface area contributed by atoms with Gasteiger partial charge in [0.15, 0.2) is 0 Å². The van der Waals surface area contributed by atoms with Crippen LogP contribution in [0, 0.1) is 6.92 Å². The molecule has 88 valence electrons. The predicted octanol–water partition coefficient (Wildman–Crippen LogP) is 3.71. The van der Waals surface area contributed by atoms with Gasteiger partial charge >= 0.3 is 0 Å². The van der Waals surface area contributed by atoms with E-state index in [1.54, 1.807) is 0 Å². The van der Waals surface area contributed by atoms with Gasteiger partial charge in [0.05, 0.1) is 5.02 Å². The molecular weight excluding hydrogens is 310 g/mol. The number of aryl methyl sites for hydroxylation is 1. The van der Waals surface area contributed by atoms with Gasteiger partial charge in [-0.15, -0.1) is 11.3 Å². The average molecular weight is 323 g/mol. The van der Waals surface area contributed by atoms with Gasteiger partial charge in [-0.2, -0.15) is 0 Å². The average Bonchev–Trinajstić information content (AvgIpc) is 3.04. The fourth-order valence-corrected chi connectivity index (χ4v) is 3.24. The number of alkyl halides is 1. The fraction of sp³-hybridized carbons (Fsp3) is 0.545. The summed E-state index contributed by atoms with van der Waals surface area (Å²) >= 11 is 11.0. The van der Waals surface area contributed by atoms with E-state index in [1.807, 2.05) is 17.2 Å². The van der Waals surface area contributed by atoms with Gasteiger partial charge in [-0.05, 0) is 30.7 Å². The van der Waals surface area contributed by atoms with Crippen LogP contribution in [0.4, 0.5) is 0 Å². The first-order valence-corrected chi connectivity index (χ1v) is 7.63. The number of carbonyl (C=O) groups is 1. The monoisotopic (exact) mass is 321 g/mol. The summed E-state index contributed by atoms with van der Waals surface area (Å²) in [6, 6.07) is 0.434. The highest BCUT2D eigenvalue weighted by Gasteiger charge is 2.33. The Hall–Kier alpha value is -0.0600. The van der Waals surface area contributed by atoms with Crippen LogP contribution in [-0.2, 0) is 0 Å². The highest BCUT2D eigenvalue weighted by Crippen LogP contribution is 2.33. The molecule has 2 rings (SSSR count). The third kappa shape index (κ3) is 2.44. The topological polar surface area (TPSA) is 20.3 Å². The third-order valence-corrected chi connectivity index (χ3v) is 4.71. The van der Waals surface area contributed by atoms with Crippen LogP contribution in [-0.4, -0.2) is 28.7 Å². The lowest BCUT2D eigenvalue weighted by atomic mass is 10.3. The van der Waals surface area contributed by atoms with E-state index >= 15 is 0 Å². The molecule has 0 spiro atoms. The van der Waals surface area contributed by atoms with Crippen LogP contribution in [0.5, 0.6) is 0 Å². The molecule has 1 saturated carbocycles. The summed E-state index contributed by atoms with van der Waals surface area (Å²) in [5.74, 6) is 0.0880. The lowest BCUT2D eigenvalue weighted by Crippen LogP contribution is -2.34. The smallest absolute Gasteiger partial charge is 0.265 e. The molecule has 1 aliphatic carbocycles. The molecule has 1 aliphatic rings. The van der Waals surface area contributed by atoms with Gasteiger partial charge in [0.25, 0.3) is 5.91 Å². The molecule has 1 aromatic heterocycles. The summed E-state index contributed by atoms with van der Waals surface area (Å²) in [4.78, 5) is 14.9. The van der Waals surface area contributed by atoms with Crippen molar-refractivity contribution >= 4 is 44.8 Å². The van der Waals surface area contributed by atoms with Gasteiger partial charge in [-0.25, -0.2) is 0 Å². The minimum atomic E-state index is 0.0880. The van der Waals surface area contributed by atoms with Crippen molar-refractivity contribution in [2.75, 3.05) is 11.9 Å². The molecule has 0 unspecified atom stereocenters. The van der Waals surface area contributed by atoms with Gasteiger partial charge < -0.3 is 4.90 Å². The molecule has 0 radical (unpaired) electrons. The van der Waals surface area contributed by atoms with Crippen LogP contribution in [0.1, 0.15) is 28.1 Å². The van der Waals surface area contributed by atoms with Gasteiger partial charge in [-0.3, -0.25) is 4.79 Å². The number of halogens is 2. The zero-order valence-corrected chi connectivity index (χ0v) is 12.2. The zero-order valence-electron chi connectivity index (χ0n) is 9.00. The van der Waals surface area contributed by atoms with E-state index < -0.39 is 0 Å². The Bertz CT molecular complexity index is 403. The molecule has 5 heteroatoms. The molecule has 2 nitrogen and oxygen atoms in total. The molecule has 1 heterocycles. The molecule has 0 atom stereocenters. The molecule has 1 aromatic rings.